The molecule has 0 rings (SSSR count). The average molecular weight is 173 g/mol. The zero-order valence-electron chi connectivity index (χ0n) is 7.00. The Labute approximate surface area is 74.1 Å². The molecule has 0 atom stereocenters. The largest absolute Gasteiger partial charge is 0.298 e. The predicted octanol–water partition coefficient (Wildman–Crippen LogP) is 0.963. The lowest BCUT2D eigenvalue weighted by Crippen LogP contribution is -2.42. The van der Waals surface area contributed by atoms with E-state index < -0.39 is 0 Å². The molecule has 63 valence electrons. The first-order valence-electron chi connectivity index (χ1n) is 3.74. The third-order valence-electron chi connectivity index (χ3n) is 1.21. The van der Waals surface area contributed by atoms with Gasteiger partial charge in [0.05, 0.1) is 5.88 Å². The molecule has 0 aliphatic rings. The highest BCUT2D eigenvalue weighted by molar-refractivity contribution is 7.80. The van der Waals surface area contributed by atoms with Crippen molar-refractivity contribution >= 4 is 25.7 Å². The number of hydrogen-bond donors (Lipinski definition) is 2. The molecule has 0 bridgehead atoms. The van der Waals surface area contributed by atoms with Gasteiger partial charge >= 0.3 is 0 Å². The molecule has 3 nitrogen and oxygen atoms in total. The summed E-state index contributed by atoms with van der Waals surface area (Å²) in [7, 11) is 1.60. The molecular formula is C6H14BN2OS. The van der Waals surface area contributed by atoms with Crippen LogP contribution in [-0.4, -0.2) is 30.5 Å². The van der Waals surface area contributed by atoms with Crippen LogP contribution in [0.2, 0.25) is 6.32 Å². The van der Waals surface area contributed by atoms with Crippen LogP contribution in [-0.2, 0) is 0 Å². The molecule has 0 aliphatic heterocycles. The average Bonchev–Trinajstić information content (AvgIpc) is 2.01. The number of thiol groups is 1. The summed E-state index contributed by atoms with van der Waals surface area (Å²) in [5, 5.41) is 1.73. The lowest BCUT2D eigenvalue weighted by molar-refractivity contribution is 0.217. The van der Waals surface area contributed by atoms with Crippen LogP contribution in [0.5, 0.6) is 0 Å². The van der Waals surface area contributed by atoms with Crippen LogP contribution in [0.4, 0.5) is 4.79 Å². The molecule has 0 aromatic carbocycles. The van der Waals surface area contributed by atoms with Crippen LogP contribution < -0.4 is 5.43 Å². The second-order valence-electron chi connectivity index (χ2n) is 2.09. The highest BCUT2D eigenvalue weighted by Gasteiger charge is 2.04. The minimum absolute atomic E-state index is 0.0524. The Morgan fingerprint density at radius 1 is 1.64 bits per heavy atom. The van der Waals surface area contributed by atoms with E-state index in [1.54, 1.807) is 12.3 Å². The fourth-order valence-corrected chi connectivity index (χ4v) is 0.872. The van der Waals surface area contributed by atoms with Gasteiger partial charge in [-0.05, 0) is 0 Å². The molecule has 1 radical (unpaired) electrons. The van der Waals surface area contributed by atoms with Gasteiger partial charge in [-0.2, -0.15) is 12.6 Å². The lowest BCUT2D eigenvalue weighted by atomic mass is 9.75. The number of rotatable bonds is 5. The van der Waals surface area contributed by atoms with E-state index in [2.05, 4.69) is 18.1 Å². The normalized spacial score (nSPS) is 9.82. The maximum Gasteiger partial charge on any atom is 0.234 e. The summed E-state index contributed by atoms with van der Waals surface area (Å²) < 4.78 is 0. The van der Waals surface area contributed by atoms with Gasteiger partial charge in [-0.15, -0.1) is 0 Å². The first kappa shape index (κ1) is 10.8. The van der Waals surface area contributed by atoms with Crippen LogP contribution >= 0.6 is 12.6 Å². The number of hydrogen-bond acceptors (Lipinski definition) is 3. The summed E-state index contributed by atoms with van der Waals surface area (Å²) in [6, 6.07) is 0. The monoisotopic (exact) mass is 173 g/mol. The Morgan fingerprint density at radius 2 is 2.27 bits per heavy atom. The number of carbonyl (C=O) groups is 1. The van der Waals surface area contributed by atoms with E-state index in [1.807, 2.05) is 13.8 Å². The van der Waals surface area contributed by atoms with E-state index in [-0.39, 0.29) is 5.81 Å². The second kappa shape index (κ2) is 6.55. The molecule has 0 aliphatic carbocycles. The molecule has 0 aromatic rings. The summed E-state index contributed by atoms with van der Waals surface area (Å²) in [5.41, 5.74) is 2.68. The van der Waals surface area contributed by atoms with Crippen LogP contribution in [0.15, 0.2) is 0 Å². The van der Waals surface area contributed by atoms with Gasteiger partial charge < -0.3 is 0 Å². The molecule has 0 heterocycles. The fraction of sp³-hybridized carbons (Fsp3) is 0.833. The number of amides is 1. The Bertz CT molecular complexity index is 119. The van der Waals surface area contributed by atoms with E-state index >= 15 is 0 Å². The summed E-state index contributed by atoms with van der Waals surface area (Å²) in [6.07, 6.45) is 0.760. The van der Waals surface area contributed by atoms with E-state index in [0.29, 0.717) is 5.88 Å². The fourth-order valence-electron chi connectivity index (χ4n) is 0.601. The van der Waals surface area contributed by atoms with Crippen LogP contribution in [0.3, 0.4) is 0 Å². The molecule has 5 heteroatoms. The molecule has 0 saturated heterocycles. The molecule has 0 saturated carbocycles. The van der Waals surface area contributed by atoms with E-state index in [4.69, 9.17) is 0 Å². The third-order valence-corrected chi connectivity index (χ3v) is 1.55. The van der Waals surface area contributed by atoms with E-state index in [0.717, 1.165) is 12.9 Å². The highest BCUT2D eigenvalue weighted by atomic mass is 32.1. The Balaban J connectivity index is 3.54. The SMILES string of the molecule is CC[B]C(=O)NN(CC)CS. The first-order valence-corrected chi connectivity index (χ1v) is 4.37. The van der Waals surface area contributed by atoms with Gasteiger partial charge in [0.1, 0.15) is 0 Å². The van der Waals surface area contributed by atoms with E-state index in [9.17, 15) is 4.79 Å². The summed E-state index contributed by atoms with van der Waals surface area (Å²) in [6.45, 7) is 4.66. The lowest BCUT2D eigenvalue weighted by Gasteiger charge is -2.18. The molecule has 1 amide bonds. The number of nitrogens with one attached hydrogen (secondary N) is 1. The third kappa shape index (κ3) is 5.15. The molecule has 0 fully saturated rings. The predicted molar refractivity (Wildman–Crippen MR) is 51.0 cm³/mol. The van der Waals surface area contributed by atoms with Crippen molar-refractivity contribution in [3.8, 4) is 0 Å². The second-order valence-corrected chi connectivity index (χ2v) is 2.37. The van der Waals surface area contributed by atoms with Crippen LogP contribution in [0.1, 0.15) is 13.8 Å². The number of carbonyl (C=O) groups excluding carboxylic acids is 1. The topological polar surface area (TPSA) is 32.3 Å². The Morgan fingerprint density at radius 3 is 2.64 bits per heavy atom. The Hall–Kier alpha value is -0.155. The molecule has 0 unspecified atom stereocenters. The van der Waals surface area contributed by atoms with Crippen molar-refractivity contribution in [2.24, 2.45) is 0 Å². The molecule has 0 aromatic heterocycles. The van der Waals surface area contributed by atoms with Gasteiger partial charge in [-0.25, -0.2) is 5.01 Å². The molecule has 11 heavy (non-hydrogen) atoms. The Kier molecular flexibility index (Phi) is 6.46. The molecular weight excluding hydrogens is 159 g/mol. The quantitative estimate of drug-likeness (QED) is 0.281. The van der Waals surface area contributed by atoms with Gasteiger partial charge in [-0.3, -0.25) is 10.2 Å². The smallest absolute Gasteiger partial charge is 0.234 e. The highest BCUT2D eigenvalue weighted by Crippen LogP contribution is 1.85. The van der Waals surface area contributed by atoms with Crippen molar-refractivity contribution in [3.63, 3.8) is 0 Å². The zero-order chi connectivity index (χ0) is 8.69. The number of nitrogens with zero attached hydrogens (tertiary/aromatic N) is 1. The van der Waals surface area contributed by atoms with Crippen molar-refractivity contribution in [2.75, 3.05) is 12.4 Å². The maximum absolute atomic E-state index is 10.9. The van der Waals surface area contributed by atoms with Crippen LogP contribution in [0, 0.1) is 0 Å². The minimum Gasteiger partial charge on any atom is -0.298 e. The minimum atomic E-state index is -0.0524. The van der Waals surface area contributed by atoms with Gasteiger partial charge in [0.25, 0.3) is 0 Å². The van der Waals surface area contributed by atoms with E-state index in [1.165, 1.54) is 0 Å². The van der Waals surface area contributed by atoms with Crippen molar-refractivity contribution in [3.05, 3.63) is 0 Å². The van der Waals surface area contributed by atoms with Gasteiger partial charge in [-0.1, -0.05) is 20.2 Å². The van der Waals surface area contributed by atoms with Gasteiger partial charge in [0.15, 0.2) is 5.81 Å². The molecule has 1 N–H and O–H groups in total. The standard InChI is InChI=1S/C6H14BN2OS/c1-3-7-6(10)8-9(4-2)5-11/h11H,3-5H2,1-2H3,(H,8,10). The van der Waals surface area contributed by atoms with Crippen molar-refractivity contribution in [1.29, 1.82) is 0 Å². The maximum atomic E-state index is 10.9. The molecule has 0 spiro atoms. The van der Waals surface area contributed by atoms with Crippen LogP contribution in [0.25, 0.3) is 0 Å². The first-order chi connectivity index (χ1) is 5.24. The van der Waals surface area contributed by atoms with Gasteiger partial charge in [0.2, 0.25) is 7.28 Å². The summed E-state index contributed by atoms with van der Waals surface area (Å²) in [5.74, 6) is 0.489. The van der Waals surface area contributed by atoms with Crippen molar-refractivity contribution in [2.45, 2.75) is 20.2 Å². The summed E-state index contributed by atoms with van der Waals surface area (Å²) in [4.78, 5) is 10.9. The summed E-state index contributed by atoms with van der Waals surface area (Å²) >= 11 is 4.04. The number of hydrazine groups is 1. The van der Waals surface area contributed by atoms with Crippen molar-refractivity contribution in [1.82, 2.24) is 10.4 Å². The van der Waals surface area contributed by atoms with Gasteiger partial charge in [0, 0.05) is 6.54 Å². The zero-order valence-corrected chi connectivity index (χ0v) is 7.90. The van der Waals surface area contributed by atoms with Crippen molar-refractivity contribution < 1.29 is 4.79 Å².